The van der Waals surface area contributed by atoms with Gasteiger partial charge in [0.05, 0.1) is 0 Å². The molecule has 0 fully saturated rings. The van der Waals surface area contributed by atoms with Crippen molar-refractivity contribution in [1.82, 2.24) is 4.98 Å². The summed E-state index contributed by atoms with van der Waals surface area (Å²) >= 11 is 3.35. The van der Waals surface area contributed by atoms with Crippen LogP contribution < -0.4 is 0 Å². The molecule has 0 saturated carbocycles. The summed E-state index contributed by atoms with van der Waals surface area (Å²) in [7, 11) is 0. The SMILES string of the molecule is CCCc1ccc(C#Cc2ccc(Br)cn2)cc1. The Morgan fingerprint density at radius 2 is 1.83 bits per heavy atom. The molecule has 0 saturated heterocycles. The van der Waals surface area contributed by atoms with Crippen molar-refractivity contribution in [2.75, 3.05) is 0 Å². The lowest BCUT2D eigenvalue weighted by Gasteiger charge is -1.97. The van der Waals surface area contributed by atoms with E-state index in [4.69, 9.17) is 0 Å². The zero-order chi connectivity index (χ0) is 12.8. The van der Waals surface area contributed by atoms with Gasteiger partial charge in [-0.05, 0) is 58.1 Å². The zero-order valence-corrected chi connectivity index (χ0v) is 11.9. The molecule has 1 heterocycles. The Bertz CT molecular complexity index is 559. The van der Waals surface area contributed by atoms with Crippen molar-refractivity contribution >= 4 is 15.9 Å². The first-order valence-electron chi connectivity index (χ1n) is 6.00. The van der Waals surface area contributed by atoms with Crippen LogP contribution in [0.15, 0.2) is 47.1 Å². The highest BCUT2D eigenvalue weighted by atomic mass is 79.9. The van der Waals surface area contributed by atoms with E-state index < -0.39 is 0 Å². The molecule has 2 aromatic rings. The highest BCUT2D eigenvalue weighted by molar-refractivity contribution is 9.10. The Hall–Kier alpha value is -1.59. The molecule has 1 aromatic carbocycles. The Kier molecular flexibility index (Phi) is 4.55. The van der Waals surface area contributed by atoms with Crippen LogP contribution in [-0.2, 0) is 6.42 Å². The standard InChI is InChI=1S/C16H14BrN/c1-2-3-13-4-6-14(7-5-13)8-10-16-11-9-15(17)12-18-16/h4-7,9,11-12H,2-3H2,1H3. The number of hydrogen-bond donors (Lipinski definition) is 0. The quantitative estimate of drug-likeness (QED) is 0.758. The second-order valence-electron chi connectivity index (χ2n) is 4.06. The number of pyridine rings is 1. The molecule has 0 radical (unpaired) electrons. The molecule has 0 aliphatic carbocycles. The number of aryl methyl sites for hydroxylation is 1. The van der Waals surface area contributed by atoms with E-state index in [2.05, 4.69) is 63.9 Å². The summed E-state index contributed by atoms with van der Waals surface area (Å²) < 4.78 is 0.969. The highest BCUT2D eigenvalue weighted by Gasteiger charge is 1.92. The molecule has 90 valence electrons. The van der Waals surface area contributed by atoms with Gasteiger partial charge < -0.3 is 0 Å². The molecule has 0 bridgehead atoms. The summed E-state index contributed by atoms with van der Waals surface area (Å²) in [5, 5.41) is 0. The van der Waals surface area contributed by atoms with Gasteiger partial charge in [0.1, 0.15) is 5.69 Å². The lowest BCUT2D eigenvalue weighted by atomic mass is 10.1. The van der Waals surface area contributed by atoms with E-state index in [1.54, 1.807) is 6.20 Å². The van der Waals surface area contributed by atoms with Crippen molar-refractivity contribution in [2.24, 2.45) is 0 Å². The third-order valence-electron chi connectivity index (χ3n) is 2.55. The fourth-order valence-corrected chi connectivity index (χ4v) is 1.86. The second kappa shape index (κ2) is 6.37. The van der Waals surface area contributed by atoms with Crippen LogP contribution in [0.2, 0.25) is 0 Å². The molecule has 0 spiro atoms. The van der Waals surface area contributed by atoms with Crippen LogP contribution in [0.25, 0.3) is 0 Å². The van der Waals surface area contributed by atoms with E-state index in [-0.39, 0.29) is 0 Å². The molecule has 1 nitrogen and oxygen atoms in total. The molecule has 0 amide bonds. The first kappa shape index (κ1) is 12.9. The zero-order valence-electron chi connectivity index (χ0n) is 10.3. The average Bonchev–Trinajstić information content (AvgIpc) is 2.40. The number of benzene rings is 1. The number of aromatic nitrogens is 1. The highest BCUT2D eigenvalue weighted by Crippen LogP contribution is 2.08. The maximum Gasteiger partial charge on any atom is 0.113 e. The van der Waals surface area contributed by atoms with E-state index in [1.165, 1.54) is 12.0 Å². The maximum absolute atomic E-state index is 4.22. The fraction of sp³-hybridized carbons (Fsp3) is 0.188. The summed E-state index contributed by atoms with van der Waals surface area (Å²) in [5.74, 6) is 6.18. The summed E-state index contributed by atoms with van der Waals surface area (Å²) in [6.45, 7) is 2.19. The van der Waals surface area contributed by atoms with Gasteiger partial charge >= 0.3 is 0 Å². The van der Waals surface area contributed by atoms with Crippen LogP contribution in [0.1, 0.15) is 30.2 Å². The van der Waals surface area contributed by atoms with E-state index in [0.29, 0.717) is 0 Å². The van der Waals surface area contributed by atoms with E-state index in [9.17, 15) is 0 Å². The summed E-state index contributed by atoms with van der Waals surface area (Å²) in [6, 6.07) is 12.3. The molecule has 18 heavy (non-hydrogen) atoms. The van der Waals surface area contributed by atoms with Crippen molar-refractivity contribution in [3.05, 3.63) is 63.9 Å². The molecule has 0 aliphatic rings. The van der Waals surface area contributed by atoms with Crippen molar-refractivity contribution in [3.63, 3.8) is 0 Å². The second-order valence-corrected chi connectivity index (χ2v) is 4.97. The van der Waals surface area contributed by atoms with Gasteiger partial charge in [-0.3, -0.25) is 0 Å². The number of hydrogen-bond acceptors (Lipinski definition) is 1. The number of nitrogens with zero attached hydrogens (tertiary/aromatic N) is 1. The monoisotopic (exact) mass is 299 g/mol. The van der Waals surface area contributed by atoms with Crippen LogP contribution in [-0.4, -0.2) is 4.98 Å². The topological polar surface area (TPSA) is 12.9 Å². The maximum atomic E-state index is 4.22. The normalized spacial score (nSPS) is 9.67. The van der Waals surface area contributed by atoms with Crippen LogP contribution >= 0.6 is 15.9 Å². The third kappa shape index (κ3) is 3.72. The Morgan fingerprint density at radius 1 is 1.06 bits per heavy atom. The molecule has 1 aromatic heterocycles. The van der Waals surface area contributed by atoms with Crippen LogP contribution in [0.3, 0.4) is 0 Å². The number of rotatable bonds is 2. The fourth-order valence-electron chi connectivity index (χ4n) is 1.63. The van der Waals surface area contributed by atoms with Gasteiger partial charge in [-0.15, -0.1) is 0 Å². The molecule has 0 N–H and O–H groups in total. The minimum absolute atomic E-state index is 0.788. The lowest BCUT2D eigenvalue weighted by molar-refractivity contribution is 0.922. The van der Waals surface area contributed by atoms with Gasteiger partial charge in [0.2, 0.25) is 0 Å². The van der Waals surface area contributed by atoms with Crippen molar-refractivity contribution < 1.29 is 0 Å². The van der Waals surface area contributed by atoms with Crippen LogP contribution in [0, 0.1) is 11.8 Å². The minimum Gasteiger partial charge on any atom is -0.247 e. The third-order valence-corrected chi connectivity index (χ3v) is 3.02. The molecule has 0 atom stereocenters. The summed E-state index contributed by atoms with van der Waals surface area (Å²) in [4.78, 5) is 4.22. The van der Waals surface area contributed by atoms with Gasteiger partial charge in [0.25, 0.3) is 0 Å². The Labute approximate surface area is 116 Å². The molecule has 0 unspecified atom stereocenters. The predicted molar refractivity (Wildman–Crippen MR) is 78.4 cm³/mol. The minimum atomic E-state index is 0.788. The molecule has 2 rings (SSSR count). The first-order valence-corrected chi connectivity index (χ1v) is 6.80. The van der Waals surface area contributed by atoms with E-state index in [1.807, 2.05) is 12.1 Å². The van der Waals surface area contributed by atoms with Crippen molar-refractivity contribution in [3.8, 4) is 11.8 Å². The van der Waals surface area contributed by atoms with E-state index in [0.717, 1.165) is 22.2 Å². The van der Waals surface area contributed by atoms with Crippen molar-refractivity contribution in [1.29, 1.82) is 0 Å². The van der Waals surface area contributed by atoms with Gasteiger partial charge in [0.15, 0.2) is 0 Å². The van der Waals surface area contributed by atoms with Gasteiger partial charge in [-0.1, -0.05) is 31.4 Å². The molecule has 0 aliphatic heterocycles. The van der Waals surface area contributed by atoms with Gasteiger partial charge in [-0.25, -0.2) is 4.98 Å². The number of halogens is 1. The smallest absolute Gasteiger partial charge is 0.113 e. The predicted octanol–water partition coefficient (Wildman–Crippen LogP) is 4.20. The summed E-state index contributed by atoms with van der Waals surface area (Å²) in [5.41, 5.74) is 3.18. The van der Waals surface area contributed by atoms with Gasteiger partial charge in [-0.2, -0.15) is 0 Å². The van der Waals surface area contributed by atoms with E-state index >= 15 is 0 Å². The van der Waals surface area contributed by atoms with Crippen LogP contribution in [0.5, 0.6) is 0 Å². The average molecular weight is 300 g/mol. The van der Waals surface area contributed by atoms with Gasteiger partial charge in [0, 0.05) is 16.2 Å². The van der Waals surface area contributed by atoms with Crippen LogP contribution in [0.4, 0.5) is 0 Å². The molecular weight excluding hydrogens is 286 g/mol. The Morgan fingerprint density at radius 3 is 2.44 bits per heavy atom. The molecular formula is C16H14BrN. The first-order chi connectivity index (χ1) is 8.78. The Balaban J connectivity index is 2.12. The molecule has 2 heteroatoms. The van der Waals surface area contributed by atoms with Crippen molar-refractivity contribution in [2.45, 2.75) is 19.8 Å². The lowest BCUT2D eigenvalue weighted by Crippen LogP contribution is -1.84. The largest absolute Gasteiger partial charge is 0.247 e. The summed E-state index contributed by atoms with van der Waals surface area (Å²) in [6.07, 6.45) is 4.06.